The molecule has 0 aliphatic heterocycles. The second kappa shape index (κ2) is 8.61. The van der Waals surface area contributed by atoms with Crippen molar-refractivity contribution in [2.75, 3.05) is 0 Å². The van der Waals surface area contributed by atoms with Crippen molar-refractivity contribution in [1.29, 1.82) is 0 Å². The number of rotatable bonds is 0. The Labute approximate surface area is 135 Å². The summed E-state index contributed by atoms with van der Waals surface area (Å²) in [6, 6.07) is 5.16. The van der Waals surface area contributed by atoms with Gasteiger partial charge >= 0.3 is 37.9 Å². The molecule has 1 N–H and O–H groups in total. The zero-order valence-corrected chi connectivity index (χ0v) is 15.1. The van der Waals surface area contributed by atoms with Crippen LogP contribution in [0.3, 0.4) is 0 Å². The van der Waals surface area contributed by atoms with Crippen LogP contribution in [0.25, 0.3) is 10.9 Å². The fraction of sp³-hybridized carbons (Fsp3) is 0.0909. The summed E-state index contributed by atoms with van der Waals surface area (Å²) in [5.41, 5.74) is 1.26. The Kier molecular flexibility index (Phi) is 8.83. The molecule has 0 amide bonds. The van der Waals surface area contributed by atoms with Crippen molar-refractivity contribution in [3.63, 3.8) is 0 Å². The van der Waals surface area contributed by atoms with Gasteiger partial charge in [-0.25, -0.2) is 4.98 Å². The first-order chi connectivity index (χ1) is 8.01. The van der Waals surface area contributed by atoms with E-state index < -0.39 is 20.8 Å². The molecule has 18 heavy (non-hydrogen) atoms. The summed E-state index contributed by atoms with van der Waals surface area (Å²) in [6.07, 6.45) is 0. The van der Waals surface area contributed by atoms with Gasteiger partial charge in [0.05, 0.1) is 10.0 Å². The molecule has 1 heterocycles. The summed E-state index contributed by atoms with van der Waals surface area (Å²) in [5, 5.41) is 11.1. The van der Waals surface area contributed by atoms with Gasteiger partial charge in [-0.3, -0.25) is 0 Å². The molecule has 0 fully saturated rings. The van der Waals surface area contributed by atoms with Crippen LogP contribution < -0.4 is 0 Å². The van der Waals surface area contributed by atoms with Gasteiger partial charge in [0.2, 0.25) is 0 Å². The van der Waals surface area contributed by atoms with Crippen molar-refractivity contribution in [1.82, 2.24) is 4.98 Å². The normalized spacial score (nSPS) is 9.17. The molecule has 0 aliphatic rings. The van der Waals surface area contributed by atoms with Gasteiger partial charge in [0.1, 0.15) is 5.52 Å². The average molecular weight is 405 g/mol. The van der Waals surface area contributed by atoms with E-state index in [4.69, 9.17) is 40.2 Å². The van der Waals surface area contributed by atoms with Crippen molar-refractivity contribution in [2.24, 2.45) is 0 Å². The first-order valence-electron chi connectivity index (χ1n) is 4.41. The molecular formula is C11H10Cl4NOZr-. The Morgan fingerprint density at radius 3 is 2.28 bits per heavy atom. The third kappa shape index (κ3) is 4.54. The van der Waals surface area contributed by atoms with Crippen molar-refractivity contribution in [2.45, 2.75) is 6.92 Å². The summed E-state index contributed by atoms with van der Waals surface area (Å²) >= 11 is 10.9. The summed E-state index contributed by atoms with van der Waals surface area (Å²) in [5.74, 6) is -0.0187. The average Bonchev–Trinajstić information content (AvgIpc) is 2.27. The van der Waals surface area contributed by atoms with Gasteiger partial charge in [-0.1, -0.05) is 23.2 Å². The summed E-state index contributed by atoms with van der Waals surface area (Å²) in [7, 11) is 9.87. The standard InChI is InChI=1S/C10H7Cl2NO.CH3.2ClH.Zr/c1-5-2-3-6-7(11)4-8(12)10(14)9(6)13-5;;;;/h2-4,14H,1H3;1H3;2*1H;/q;-1;;;+2/p-2. The van der Waals surface area contributed by atoms with Crippen molar-refractivity contribution in [3.05, 3.63) is 41.4 Å². The van der Waals surface area contributed by atoms with Gasteiger partial charge in [-0.05, 0) is 25.1 Å². The van der Waals surface area contributed by atoms with Crippen molar-refractivity contribution in [3.8, 4) is 5.75 Å². The monoisotopic (exact) mass is 402 g/mol. The third-order valence-corrected chi connectivity index (χ3v) is 2.60. The van der Waals surface area contributed by atoms with E-state index in [1.165, 1.54) is 6.07 Å². The van der Waals surface area contributed by atoms with E-state index in [0.29, 0.717) is 15.9 Å². The Morgan fingerprint density at radius 2 is 1.72 bits per heavy atom. The molecule has 2 nitrogen and oxygen atoms in total. The van der Waals surface area contributed by atoms with Crippen LogP contribution in [-0.4, -0.2) is 10.1 Å². The van der Waals surface area contributed by atoms with E-state index >= 15 is 0 Å². The van der Waals surface area contributed by atoms with Crippen LogP contribution in [0, 0.1) is 14.4 Å². The Bertz CT molecular complexity index is 536. The molecule has 0 saturated heterocycles. The van der Waals surface area contributed by atoms with Gasteiger partial charge in [-0.2, -0.15) is 0 Å². The number of phenolic OH excluding ortho intramolecular Hbond substituents is 1. The summed E-state index contributed by atoms with van der Waals surface area (Å²) < 4.78 is 0. The molecule has 0 unspecified atom stereocenters. The predicted molar refractivity (Wildman–Crippen MR) is 76.3 cm³/mol. The van der Waals surface area contributed by atoms with E-state index in [0.717, 1.165) is 5.69 Å². The zero-order chi connectivity index (χ0) is 13.0. The molecule has 0 aliphatic carbocycles. The van der Waals surface area contributed by atoms with Gasteiger partial charge in [0.25, 0.3) is 0 Å². The first-order valence-corrected chi connectivity index (χ1v) is 11.5. The van der Waals surface area contributed by atoms with Crippen LogP contribution in [0.2, 0.25) is 10.0 Å². The van der Waals surface area contributed by atoms with Crippen molar-refractivity contribution >= 4 is 51.1 Å². The first kappa shape index (κ1) is 18.5. The summed E-state index contributed by atoms with van der Waals surface area (Å²) in [6.45, 7) is 1.84. The Morgan fingerprint density at radius 1 is 1.17 bits per heavy atom. The number of fused-ring (bicyclic) bond motifs is 1. The van der Waals surface area contributed by atoms with E-state index in [1.54, 1.807) is 0 Å². The zero-order valence-electron chi connectivity index (χ0n) is 9.64. The minimum atomic E-state index is -0.826. The number of halogens is 4. The fourth-order valence-electron chi connectivity index (χ4n) is 1.30. The van der Waals surface area contributed by atoms with Gasteiger partial charge in [-0.15, -0.1) is 0 Å². The van der Waals surface area contributed by atoms with E-state index in [2.05, 4.69) is 4.98 Å². The number of aryl methyl sites for hydroxylation is 1. The summed E-state index contributed by atoms with van der Waals surface area (Å²) in [4.78, 5) is 4.18. The van der Waals surface area contributed by atoms with Crippen LogP contribution in [0.5, 0.6) is 5.75 Å². The molecule has 2 aromatic rings. The van der Waals surface area contributed by atoms with Crippen LogP contribution >= 0.6 is 40.2 Å². The number of phenols is 1. The molecule has 0 radical (unpaired) electrons. The number of aromatic hydroxyl groups is 1. The molecule has 0 spiro atoms. The number of benzene rings is 1. The SMILES string of the molecule is Cc1ccc2c(Cl)cc(Cl)c(O)c2n1.[CH3-].[Cl][Zr][Cl]. The second-order valence-corrected chi connectivity index (χ2v) is 7.66. The van der Waals surface area contributed by atoms with Crippen molar-refractivity contribution < 1.29 is 26.0 Å². The van der Waals surface area contributed by atoms with Gasteiger partial charge < -0.3 is 12.5 Å². The number of pyridine rings is 1. The quantitative estimate of drug-likeness (QED) is 0.597. The molecule has 0 bridgehead atoms. The molecule has 0 atom stereocenters. The minimum absolute atomic E-state index is 0. The van der Waals surface area contributed by atoms with E-state index in [1.807, 2.05) is 19.1 Å². The molecular weight excluding hydrogens is 395 g/mol. The maximum atomic E-state index is 9.65. The van der Waals surface area contributed by atoms with Crippen LogP contribution in [0.4, 0.5) is 0 Å². The Hall–Kier alpha value is 0.473. The Balaban J connectivity index is 0.000000660. The topological polar surface area (TPSA) is 33.1 Å². The van der Waals surface area contributed by atoms with Gasteiger partial charge in [0, 0.05) is 11.1 Å². The molecule has 1 aromatic carbocycles. The molecule has 7 heteroatoms. The predicted octanol–water partition coefficient (Wildman–Crippen LogP) is 5.38. The fourth-order valence-corrected chi connectivity index (χ4v) is 1.82. The van der Waals surface area contributed by atoms with Gasteiger partial charge in [0.15, 0.2) is 5.75 Å². The molecule has 2 rings (SSSR count). The number of hydrogen-bond acceptors (Lipinski definition) is 2. The van der Waals surface area contributed by atoms with Crippen LogP contribution in [0.1, 0.15) is 5.69 Å². The maximum absolute atomic E-state index is 9.65. The number of hydrogen-bond donors (Lipinski definition) is 1. The van der Waals surface area contributed by atoms with E-state index in [-0.39, 0.29) is 18.2 Å². The number of aromatic nitrogens is 1. The second-order valence-electron chi connectivity index (χ2n) is 3.11. The van der Waals surface area contributed by atoms with Crippen LogP contribution in [0.15, 0.2) is 18.2 Å². The van der Waals surface area contributed by atoms with Crippen LogP contribution in [-0.2, 0) is 20.8 Å². The molecule has 98 valence electrons. The third-order valence-electron chi connectivity index (χ3n) is 2.00. The molecule has 0 saturated carbocycles. The molecule has 1 aromatic heterocycles. The van der Waals surface area contributed by atoms with E-state index in [9.17, 15) is 5.11 Å². The number of nitrogens with zero attached hydrogens (tertiary/aromatic N) is 1.